The van der Waals surface area contributed by atoms with Gasteiger partial charge in [-0.15, -0.1) is 13.2 Å². The summed E-state index contributed by atoms with van der Waals surface area (Å²) in [7, 11) is 2.11. The van der Waals surface area contributed by atoms with Gasteiger partial charge in [0.15, 0.2) is 0 Å². The maximum atomic E-state index is 15.7. The number of carbonyl (C=O) groups is 3. The lowest BCUT2D eigenvalue weighted by molar-refractivity contribution is -0.274. The molecule has 2 unspecified atom stereocenters. The largest absolute Gasteiger partial charge is 0.573 e. The van der Waals surface area contributed by atoms with E-state index in [0.717, 1.165) is 35.7 Å². The Morgan fingerprint density at radius 1 is 1.07 bits per heavy atom. The Balaban J connectivity index is 1.55. The molecule has 238 valence electrons. The highest BCUT2D eigenvalue weighted by Crippen LogP contribution is 2.45. The second kappa shape index (κ2) is 13.1. The number of ether oxygens (including phenoxy) is 1. The van der Waals surface area contributed by atoms with Gasteiger partial charge < -0.3 is 15.2 Å². The predicted molar refractivity (Wildman–Crippen MR) is 163 cm³/mol. The zero-order valence-electron chi connectivity index (χ0n) is 23.2. The fourth-order valence-electron chi connectivity index (χ4n) is 5.61. The van der Waals surface area contributed by atoms with E-state index in [1.807, 2.05) is 4.90 Å². The minimum Gasteiger partial charge on any atom is -0.478 e. The van der Waals surface area contributed by atoms with E-state index in [4.69, 9.17) is 23.2 Å². The number of anilines is 2. The molecule has 1 saturated carbocycles. The molecular weight excluding hydrogens is 660 g/mol. The van der Waals surface area contributed by atoms with E-state index in [1.54, 1.807) is 24.3 Å². The van der Waals surface area contributed by atoms with Crippen LogP contribution in [0.2, 0.25) is 10.0 Å². The summed E-state index contributed by atoms with van der Waals surface area (Å²) in [5.41, 5.74) is -0.497. The van der Waals surface area contributed by atoms with Gasteiger partial charge in [0.05, 0.1) is 22.7 Å². The van der Waals surface area contributed by atoms with E-state index in [-0.39, 0.29) is 28.7 Å². The zero-order chi connectivity index (χ0) is 32.6. The lowest BCUT2D eigenvalue weighted by atomic mass is 9.82. The zero-order valence-corrected chi connectivity index (χ0v) is 25.9. The first-order chi connectivity index (χ1) is 21.2. The van der Waals surface area contributed by atoms with Gasteiger partial charge in [-0.25, -0.2) is 9.18 Å². The van der Waals surface area contributed by atoms with Crippen LogP contribution in [0.5, 0.6) is 5.75 Å². The molecule has 0 spiro atoms. The molecule has 5 rings (SSSR count). The molecule has 1 heterocycles. The Morgan fingerprint density at radius 2 is 1.78 bits per heavy atom. The van der Waals surface area contributed by atoms with Crippen LogP contribution >= 0.6 is 32.6 Å². The molecule has 8 nitrogen and oxygen atoms in total. The molecule has 3 aromatic rings. The maximum absolute atomic E-state index is 15.7. The summed E-state index contributed by atoms with van der Waals surface area (Å²) >= 11 is 12.2. The molecule has 45 heavy (non-hydrogen) atoms. The maximum Gasteiger partial charge on any atom is 0.573 e. The number of nitrogens with one attached hydrogen (secondary N) is 1. The van der Waals surface area contributed by atoms with Gasteiger partial charge in [-0.05, 0) is 70.1 Å². The van der Waals surface area contributed by atoms with Crippen molar-refractivity contribution in [2.45, 2.75) is 31.2 Å². The topological polar surface area (TPSA) is 99.2 Å². The van der Waals surface area contributed by atoms with Crippen molar-refractivity contribution in [2.75, 3.05) is 23.1 Å². The van der Waals surface area contributed by atoms with E-state index < -0.39 is 59.2 Å². The van der Waals surface area contributed by atoms with Crippen molar-refractivity contribution in [3.8, 4) is 5.75 Å². The Hall–Kier alpha value is -3.44. The number of carboxylic acid groups (broad SMARTS) is 1. The summed E-state index contributed by atoms with van der Waals surface area (Å²) in [6.07, 6.45) is -3.37. The molecule has 1 aliphatic carbocycles. The Bertz CT molecular complexity index is 1640. The van der Waals surface area contributed by atoms with Crippen molar-refractivity contribution < 1.29 is 41.8 Å². The van der Waals surface area contributed by atoms with Crippen molar-refractivity contribution in [3.05, 3.63) is 87.7 Å². The molecule has 0 bridgehead atoms. The smallest absolute Gasteiger partial charge is 0.478 e. The lowest BCUT2D eigenvalue weighted by Gasteiger charge is -2.29. The third-order valence-corrected chi connectivity index (χ3v) is 8.82. The highest BCUT2D eigenvalue weighted by Gasteiger charge is 2.52. The molecule has 2 fully saturated rings. The second-order valence-corrected chi connectivity index (χ2v) is 12.2. The molecule has 1 saturated heterocycles. The number of hydrogen-bond donors (Lipinski definition) is 2. The molecule has 3 aromatic carbocycles. The minimum absolute atomic E-state index is 0.0175. The Morgan fingerprint density at radius 3 is 2.42 bits per heavy atom. The monoisotopic (exact) mass is 685 g/mol. The molecule has 2 amide bonds. The van der Waals surface area contributed by atoms with Crippen LogP contribution in [-0.4, -0.2) is 53.3 Å². The molecular formula is C30H26Cl2F4N3O5P. The van der Waals surface area contributed by atoms with Gasteiger partial charge in [-0.3, -0.25) is 19.2 Å². The SMILES string of the molecule is O=C(O)c1ccc(N(P)C(=O)[C@@H]2CN(CC3CC3)C(C(=O)Nc3cccc(Cl)c3)[C@H]2c2cccc(Cl)c2F)cc1OC(F)(F)F. The van der Waals surface area contributed by atoms with Gasteiger partial charge in [-0.1, -0.05) is 41.4 Å². The summed E-state index contributed by atoms with van der Waals surface area (Å²) in [5, 5.41) is 12.3. The van der Waals surface area contributed by atoms with Gasteiger partial charge in [0.25, 0.3) is 0 Å². The Kier molecular flexibility index (Phi) is 9.60. The van der Waals surface area contributed by atoms with Crippen LogP contribution in [0.15, 0.2) is 60.7 Å². The van der Waals surface area contributed by atoms with Gasteiger partial charge in [0.1, 0.15) is 17.1 Å². The fourth-order valence-corrected chi connectivity index (χ4v) is 6.33. The fraction of sp³-hybridized carbons (Fsp3) is 0.300. The quantitative estimate of drug-likeness (QED) is 0.186. The summed E-state index contributed by atoms with van der Waals surface area (Å²) in [6, 6.07) is 12.5. The van der Waals surface area contributed by atoms with Crippen LogP contribution < -0.4 is 14.7 Å². The second-order valence-electron chi connectivity index (χ2n) is 10.9. The highest BCUT2D eigenvalue weighted by atomic mass is 35.5. The summed E-state index contributed by atoms with van der Waals surface area (Å²) in [5.74, 6) is -6.56. The van der Waals surface area contributed by atoms with Gasteiger partial charge >= 0.3 is 12.3 Å². The van der Waals surface area contributed by atoms with Crippen molar-refractivity contribution in [1.29, 1.82) is 0 Å². The Labute approximate surface area is 267 Å². The number of aromatic carboxylic acids is 1. The molecule has 2 aliphatic rings. The predicted octanol–water partition coefficient (Wildman–Crippen LogP) is 6.99. The van der Waals surface area contributed by atoms with Crippen LogP contribution in [0.3, 0.4) is 0 Å². The van der Waals surface area contributed by atoms with Crippen LogP contribution in [0.1, 0.15) is 34.7 Å². The number of benzene rings is 3. The number of amides is 2. The van der Waals surface area contributed by atoms with E-state index in [9.17, 15) is 32.7 Å². The molecule has 2 N–H and O–H groups in total. The number of rotatable bonds is 9. The van der Waals surface area contributed by atoms with E-state index in [2.05, 4.69) is 19.4 Å². The van der Waals surface area contributed by atoms with Crippen molar-refractivity contribution >= 4 is 61.8 Å². The highest BCUT2D eigenvalue weighted by molar-refractivity contribution is 7.21. The van der Waals surface area contributed by atoms with Gasteiger partial charge in [0, 0.05) is 35.8 Å². The number of hydrogen-bond acceptors (Lipinski definition) is 5. The summed E-state index contributed by atoms with van der Waals surface area (Å²) in [6.45, 7) is 0.466. The van der Waals surface area contributed by atoms with Crippen LogP contribution in [0.25, 0.3) is 0 Å². The van der Waals surface area contributed by atoms with Gasteiger partial charge in [0.2, 0.25) is 11.8 Å². The van der Waals surface area contributed by atoms with E-state index >= 15 is 4.39 Å². The van der Waals surface area contributed by atoms with Crippen molar-refractivity contribution in [3.63, 3.8) is 0 Å². The number of nitrogens with zero attached hydrogens (tertiary/aromatic N) is 2. The number of carbonyl (C=O) groups excluding carboxylic acids is 2. The molecule has 4 atom stereocenters. The first kappa shape index (κ1) is 32.9. The van der Waals surface area contributed by atoms with Crippen LogP contribution in [-0.2, 0) is 9.59 Å². The lowest BCUT2D eigenvalue weighted by Crippen LogP contribution is -2.43. The average molecular weight is 686 g/mol. The average Bonchev–Trinajstić information content (AvgIpc) is 3.70. The molecule has 15 heteroatoms. The first-order valence-corrected chi connectivity index (χ1v) is 15.0. The third-order valence-electron chi connectivity index (χ3n) is 7.74. The third kappa shape index (κ3) is 7.52. The van der Waals surface area contributed by atoms with Crippen LogP contribution in [0.4, 0.5) is 28.9 Å². The van der Waals surface area contributed by atoms with Crippen molar-refractivity contribution in [1.82, 2.24) is 4.90 Å². The van der Waals surface area contributed by atoms with Gasteiger partial charge in [-0.2, -0.15) is 0 Å². The molecule has 0 radical (unpaired) electrons. The summed E-state index contributed by atoms with van der Waals surface area (Å²) in [4.78, 5) is 41.5. The molecule has 1 aliphatic heterocycles. The normalized spacial score (nSPS) is 20.1. The number of likely N-dealkylation sites (tertiary alicyclic amines) is 1. The number of carboxylic acids is 1. The summed E-state index contributed by atoms with van der Waals surface area (Å²) < 4.78 is 59.8. The number of halogens is 6. The minimum atomic E-state index is -5.20. The van der Waals surface area contributed by atoms with Crippen molar-refractivity contribution in [2.24, 2.45) is 11.8 Å². The standard InChI is InChI=1S/C30H26Cl2F4N3O5P/c31-16-3-1-4-17(11-16)37-27(40)26-24(20-5-2-6-22(32)25(20)33)21(14-38(26)13-15-7-8-15)28(41)39(45)18-9-10-19(29(42)43)23(12-18)44-30(34,35)36/h1-6,9-12,15,21,24,26H,7-8,13-14,45H2,(H,37,40)(H,42,43)/t21-,24+,26?/m1/s1. The van der Waals surface area contributed by atoms with Crippen LogP contribution in [0, 0.1) is 17.7 Å². The molecule has 0 aromatic heterocycles. The number of alkyl halides is 3. The van der Waals surface area contributed by atoms with E-state index in [0.29, 0.717) is 17.3 Å². The van der Waals surface area contributed by atoms with E-state index in [1.165, 1.54) is 18.2 Å². The first-order valence-electron chi connectivity index (χ1n) is 13.7.